The van der Waals surface area contributed by atoms with Crippen LogP contribution in [0.5, 0.6) is 0 Å². The van der Waals surface area contributed by atoms with Crippen molar-refractivity contribution in [1.29, 1.82) is 0 Å². The lowest BCUT2D eigenvalue weighted by atomic mass is 10.1. The second-order valence-corrected chi connectivity index (χ2v) is 5.53. The van der Waals surface area contributed by atoms with Crippen LogP contribution in [0.25, 0.3) is 0 Å². The van der Waals surface area contributed by atoms with Crippen LogP contribution in [0.3, 0.4) is 0 Å². The summed E-state index contributed by atoms with van der Waals surface area (Å²) in [5.41, 5.74) is 0.849. The number of amides is 2. The Labute approximate surface area is 110 Å². The Balaban J connectivity index is 2.17. The molecule has 1 fully saturated rings. The van der Waals surface area contributed by atoms with E-state index in [2.05, 4.69) is 10.3 Å². The van der Waals surface area contributed by atoms with Crippen LogP contribution in [0, 0.1) is 6.92 Å². The van der Waals surface area contributed by atoms with Gasteiger partial charge < -0.3 is 10.2 Å². The second-order valence-electron chi connectivity index (χ2n) is 4.47. The number of hydrogen-bond acceptors (Lipinski definition) is 4. The van der Waals surface area contributed by atoms with Gasteiger partial charge >= 0.3 is 0 Å². The average Bonchev–Trinajstić information content (AvgIpc) is 2.75. The fourth-order valence-corrected chi connectivity index (χ4v) is 2.64. The molecule has 6 heteroatoms. The molecular formula is C12H17N3O2S. The van der Waals surface area contributed by atoms with Crippen LogP contribution >= 0.6 is 11.3 Å². The van der Waals surface area contributed by atoms with E-state index in [4.69, 9.17) is 0 Å². The highest BCUT2D eigenvalue weighted by atomic mass is 32.1. The van der Waals surface area contributed by atoms with Gasteiger partial charge in [0.15, 0.2) is 0 Å². The minimum Gasteiger partial charge on any atom is -0.343 e. The molecular weight excluding hydrogens is 250 g/mol. The van der Waals surface area contributed by atoms with Crippen LogP contribution in [0.2, 0.25) is 0 Å². The molecule has 5 nitrogen and oxygen atoms in total. The van der Waals surface area contributed by atoms with Crippen LogP contribution in [0.4, 0.5) is 0 Å². The Bertz CT molecular complexity index is 472. The van der Waals surface area contributed by atoms with Gasteiger partial charge in [-0.2, -0.15) is 0 Å². The maximum absolute atomic E-state index is 12.2. The highest BCUT2D eigenvalue weighted by molar-refractivity contribution is 7.09. The molecule has 1 aliphatic heterocycles. The predicted molar refractivity (Wildman–Crippen MR) is 69.1 cm³/mol. The standard InChI is InChI=1S/C12H17N3O2S/c1-4-10-12(17)15(7(2)11(16)14-10)5-9-6-18-8(3)13-9/h6-7,10H,4-5H2,1-3H3,(H,14,16). The number of thiazole rings is 1. The van der Waals surface area contributed by atoms with Gasteiger partial charge in [0.05, 0.1) is 17.2 Å². The van der Waals surface area contributed by atoms with E-state index >= 15 is 0 Å². The number of carbonyl (C=O) groups is 2. The number of carbonyl (C=O) groups excluding carboxylic acids is 2. The summed E-state index contributed by atoms with van der Waals surface area (Å²) < 4.78 is 0. The zero-order valence-corrected chi connectivity index (χ0v) is 11.6. The minimum atomic E-state index is -0.428. The molecule has 98 valence electrons. The molecule has 1 saturated heterocycles. The fraction of sp³-hybridized carbons (Fsp3) is 0.583. The van der Waals surface area contributed by atoms with Gasteiger partial charge in [0.25, 0.3) is 0 Å². The van der Waals surface area contributed by atoms with Crippen molar-refractivity contribution in [3.63, 3.8) is 0 Å². The molecule has 1 aliphatic rings. The van der Waals surface area contributed by atoms with E-state index in [1.54, 1.807) is 23.2 Å². The average molecular weight is 267 g/mol. The van der Waals surface area contributed by atoms with Crippen molar-refractivity contribution in [2.75, 3.05) is 0 Å². The summed E-state index contributed by atoms with van der Waals surface area (Å²) >= 11 is 1.55. The molecule has 1 aromatic rings. The van der Waals surface area contributed by atoms with Gasteiger partial charge in [-0.05, 0) is 20.3 Å². The first kappa shape index (κ1) is 13.0. The van der Waals surface area contributed by atoms with Gasteiger partial charge in [0, 0.05) is 5.38 Å². The molecule has 2 unspecified atom stereocenters. The van der Waals surface area contributed by atoms with Crippen molar-refractivity contribution in [2.24, 2.45) is 0 Å². The van der Waals surface area contributed by atoms with E-state index < -0.39 is 12.1 Å². The Kier molecular flexibility index (Phi) is 3.65. The lowest BCUT2D eigenvalue weighted by Crippen LogP contribution is -2.61. The molecule has 2 atom stereocenters. The number of aromatic nitrogens is 1. The first-order valence-corrected chi connectivity index (χ1v) is 6.92. The third kappa shape index (κ3) is 2.38. The highest BCUT2D eigenvalue weighted by Crippen LogP contribution is 2.17. The van der Waals surface area contributed by atoms with E-state index in [1.807, 2.05) is 19.2 Å². The van der Waals surface area contributed by atoms with Crippen molar-refractivity contribution in [2.45, 2.75) is 45.8 Å². The van der Waals surface area contributed by atoms with Gasteiger partial charge in [0.1, 0.15) is 12.1 Å². The molecule has 0 spiro atoms. The maximum atomic E-state index is 12.2. The van der Waals surface area contributed by atoms with Gasteiger partial charge in [-0.25, -0.2) is 4.98 Å². The Morgan fingerprint density at radius 2 is 2.22 bits per heavy atom. The van der Waals surface area contributed by atoms with Gasteiger partial charge in [0.2, 0.25) is 11.8 Å². The summed E-state index contributed by atoms with van der Waals surface area (Å²) in [5.74, 6) is -0.108. The number of hydrogen-bond donors (Lipinski definition) is 1. The van der Waals surface area contributed by atoms with Crippen molar-refractivity contribution >= 4 is 23.2 Å². The maximum Gasteiger partial charge on any atom is 0.246 e. The summed E-state index contributed by atoms with van der Waals surface area (Å²) in [6, 6.07) is -0.823. The zero-order chi connectivity index (χ0) is 13.3. The van der Waals surface area contributed by atoms with Crippen molar-refractivity contribution in [3.8, 4) is 0 Å². The Morgan fingerprint density at radius 1 is 1.50 bits per heavy atom. The highest BCUT2D eigenvalue weighted by Gasteiger charge is 2.37. The van der Waals surface area contributed by atoms with Crippen LogP contribution in [0.15, 0.2) is 5.38 Å². The smallest absolute Gasteiger partial charge is 0.246 e. The Hall–Kier alpha value is -1.43. The molecule has 1 aromatic heterocycles. The predicted octanol–water partition coefficient (Wildman–Crippen LogP) is 1.08. The van der Waals surface area contributed by atoms with E-state index in [0.29, 0.717) is 13.0 Å². The summed E-state index contributed by atoms with van der Waals surface area (Å²) in [5, 5.41) is 5.64. The molecule has 0 bridgehead atoms. The van der Waals surface area contributed by atoms with Crippen LogP contribution < -0.4 is 5.32 Å². The largest absolute Gasteiger partial charge is 0.343 e. The number of nitrogens with zero attached hydrogens (tertiary/aromatic N) is 2. The van der Waals surface area contributed by atoms with E-state index in [-0.39, 0.29) is 11.8 Å². The SMILES string of the molecule is CCC1NC(=O)C(C)N(Cc2csc(C)n2)C1=O. The topological polar surface area (TPSA) is 62.3 Å². The van der Waals surface area contributed by atoms with Crippen LogP contribution in [0.1, 0.15) is 31.0 Å². The number of nitrogens with one attached hydrogen (secondary N) is 1. The Morgan fingerprint density at radius 3 is 2.78 bits per heavy atom. The number of aryl methyl sites for hydroxylation is 1. The van der Waals surface area contributed by atoms with Gasteiger partial charge in [-0.1, -0.05) is 6.92 Å². The number of piperazine rings is 1. The molecule has 0 aliphatic carbocycles. The first-order valence-electron chi connectivity index (χ1n) is 6.04. The van der Waals surface area contributed by atoms with Gasteiger partial charge in [-0.3, -0.25) is 9.59 Å². The minimum absolute atomic E-state index is 0.0183. The van der Waals surface area contributed by atoms with E-state index in [1.165, 1.54) is 0 Å². The van der Waals surface area contributed by atoms with Crippen molar-refractivity contribution in [1.82, 2.24) is 15.2 Å². The normalized spacial score (nSPS) is 24.3. The summed E-state index contributed by atoms with van der Waals surface area (Å²) in [7, 11) is 0. The summed E-state index contributed by atoms with van der Waals surface area (Å²) in [4.78, 5) is 30.0. The van der Waals surface area contributed by atoms with Crippen LogP contribution in [-0.4, -0.2) is 33.8 Å². The number of rotatable bonds is 3. The lowest BCUT2D eigenvalue weighted by molar-refractivity contribution is -0.149. The van der Waals surface area contributed by atoms with E-state index in [9.17, 15) is 9.59 Å². The van der Waals surface area contributed by atoms with Crippen LogP contribution in [-0.2, 0) is 16.1 Å². The molecule has 2 rings (SSSR count). The third-order valence-corrected chi connectivity index (χ3v) is 3.97. The fourth-order valence-electron chi connectivity index (χ4n) is 2.03. The summed E-state index contributed by atoms with van der Waals surface area (Å²) in [6.07, 6.45) is 0.615. The molecule has 2 amide bonds. The molecule has 0 aromatic carbocycles. The van der Waals surface area contributed by atoms with Crippen molar-refractivity contribution < 1.29 is 9.59 Å². The third-order valence-electron chi connectivity index (χ3n) is 3.15. The molecule has 2 heterocycles. The molecule has 0 saturated carbocycles. The van der Waals surface area contributed by atoms with Gasteiger partial charge in [-0.15, -0.1) is 11.3 Å². The lowest BCUT2D eigenvalue weighted by Gasteiger charge is -2.36. The summed E-state index contributed by atoms with van der Waals surface area (Å²) in [6.45, 7) is 5.98. The molecule has 0 radical (unpaired) electrons. The monoisotopic (exact) mass is 267 g/mol. The van der Waals surface area contributed by atoms with E-state index in [0.717, 1.165) is 10.7 Å². The zero-order valence-electron chi connectivity index (χ0n) is 10.8. The molecule has 1 N–H and O–H groups in total. The second kappa shape index (κ2) is 5.06. The first-order chi connectivity index (χ1) is 8.52. The molecule has 18 heavy (non-hydrogen) atoms. The van der Waals surface area contributed by atoms with Crippen molar-refractivity contribution in [3.05, 3.63) is 16.1 Å². The quantitative estimate of drug-likeness (QED) is 0.891.